The number of nitrogens with one attached hydrogen (secondary N) is 1. The SMILES string of the molecule is Cc1ccc(O)c(C(=O)N2CCCC2C2CCCN2)c1. The zero-order chi connectivity index (χ0) is 14.1. The van der Waals surface area contributed by atoms with Crippen LogP contribution >= 0.6 is 0 Å². The van der Waals surface area contributed by atoms with Crippen LogP contribution in [0.4, 0.5) is 0 Å². The van der Waals surface area contributed by atoms with Gasteiger partial charge in [0.15, 0.2) is 0 Å². The zero-order valence-corrected chi connectivity index (χ0v) is 11.9. The van der Waals surface area contributed by atoms with Crippen LogP contribution in [-0.2, 0) is 0 Å². The Morgan fingerprint density at radius 3 is 2.95 bits per heavy atom. The molecule has 2 saturated heterocycles. The second-order valence-corrected chi connectivity index (χ2v) is 5.93. The minimum absolute atomic E-state index is 0.0256. The van der Waals surface area contributed by atoms with Gasteiger partial charge in [-0.1, -0.05) is 11.6 Å². The van der Waals surface area contributed by atoms with Gasteiger partial charge in [-0.3, -0.25) is 4.79 Å². The van der Waals surface area contributed by atoms with Crippen LogP contribution in [0.1, 0.15) is 41.6 Å². The van der Waals surface area contributed by atoms with Crippen molar-refractivity contribution < 1.29 is 9.90 Å². The van der Waals surface area contributed by atoms with Crippen LogP contribution in [0.25, 0.3) is 0 Å². The molecule has 2 aliphatic rings. The molecule has 0 saturated carbocycles. The van der Waals surface area contributed by atoms with E-state index in [4.69, 9.17) is 0 Å². The molecule has 0 aliphatic carbocycles. The van der Waals surface area contributed by atoms with Gasteiger partial charge in [0.05, 0.1) is 5.56 Å². The average molecular weight is 274 g/mol. The van der Waals surface area contributed by atoms with E-state index in [9.17, 15) is 9.90 Å². The van der Waals surface area contributed by atoms with Crippen molar-refractivity contribution in [3.8, 4) is 5.75 Å². The topological polar surface area (TPSA) is 52.6 Å². The number of benzene rings is 1. The number of carbonyl (C=O) groups excluding carboxylic acids is 1. The molecule has 20 heavy (non-hydrogen) atoms. The molecule has 0 radical (unpaired) electrons. The van der Waals surface area contributed by atoms with Gasteiger partial charge in [-0.05, 0) is 51.3 Å². The summed E-state index contributed by atoms with van der Waals surface area (Å²) < 4.78 is 0. The fraction of sp³-hybridized carbons (Fsp3) is 0.562. The van der Waals surface area contributed by atoms with Crippen molar-refractivity contribution in [2.75, 3.05) is 13.1 Å². The van der Waals surface area contributed by atoms with Crippen molar-refractivity contribution in [1.29, 1.82) is 0 Å². The first-order valence-electron chi connectivity index (χ1n) is 7.51. The fourth-order valence-electron chi connectivity index (χ4n) is 3.48. The van der Waals surface area contributed by atoms with Crippen LogP contribution in [0.2, 0.25) is 0 Å². The number of amides is 1. The van der Waals surface area contributed by atoms with Crippen molar-refractivity contribution in [2.24, 2.45) is 0 Å². The van der Waals surface area contributed by atoms with Crippen LogP contribution in [0.5, 0.6) is 5.75 Å². The number of likely N-dealkylation sites (tertiary alicyclic amines) is 1. The first kappa shape index (κ1) is 13.4. The first-order chi connectivity index (χ1) is 9.66. The predicted octanol–water partition coefficient (Wildman–Crippen LogP) is 2.06. The highest BCUT2D eigenvalue weighted by Gasteiger charge is 2.36. The molecule has 3 rings (SSSR count). The van der Waals surface area contributed by atoms with Gasteiger partial charge in [0.1, 0.15) is 5.75 Å². The second kappa shape index (κ2) is 5.44. The minimum Gasteiger partial charge on any atom is -0.507 e. The number of rotatable bonds is 2. The van der Waals surface area contributed by atoms with E-state index in [0.717, 1.165) is 37.9 Å². The van der Waals surface area contributed by atoms with Gasteiger partial charge in [-0.25, -0.2) is 0 Å². The normalized spacial score (nSPS) is 26.1. The van der Waals surface area contributed by atoms with Crippen LogP contribution in [0.15, 0.2) is 18.2 Å². The summed E-state index contributed by atoms with van der Waals surface area (Å²) in [5.74, 6) is 0.0630. The fourth-order valence-corrected chi connectivity index (χ4v) is 3.48. The molecule has 2 heterocycles. The molecular formula is C16H22N2O2. The lowest BCUT2D eigenvalue weighted by molar-refractivity contribution is 0.0708. The van der Waals surface area contributed by atoms with E-state index in [0.29, 0.717) is 11.6 Å². The Kier molecular flexibility index (Phi) is 3.66. The molecular weight excluding hydrogens is 252 g/mol. The van der Waals surface area contributed by atoms with E-state index in [-0.39, 0.29) is 17.7 Å². The standard InChI is InChI=1S/C16H22N2O2/c1-11-6-7-15(19)12(10-11)16(20)18-9-3-5-14(18)13-4-2-8-17-13/h6-7,10,13-14,17,19H,2-5,8-9H2,1H3. The van der Waals surface area contributed by atoms with Gasteiger partial charge in [0.2, 0.25) is 0 Å². The van der Waals surface area contributed by atoms with Crippen molar-refractivity contribution >= 4 is 5.91 Å². The van der Waals surface area contributed by atoms with Crippen LogP contribution < -0.4 is 5.32 Å². The van der Waals surface area contributed by atoms with Gasteiger partial charge in [-0.2, -0.15) is 0 Å². The monoisotopic (exact) mass is 274 g/mol. The van der Waals surface area contributed by atoms with Gasteiger partial charge >= 0.3 is 0 Å². The number of phenolic OH excluding ortho intramolecular Hbond substituents is 1. The van der Waals surface area contributed by atoms with Crippen LogP contribution in [0.3, 0.4) is 0 Å². The van der Waals surface area contributed by atoms with E-state index in [1.165, 1.54) is 6.42 Å². The van der Waals surface area contributed by atoms with Crippen molar-refractivity contribution in [1.82, 2.24) is 10.2 Å². The van der Waals surface area contributed by atoms with E-state index >= 15 is 0 Å². The molecule has 0 spiro atoms. The maximum atomic E-state index is 12.7. The highest BCUT2D eigenvalue weighted by Crippen LogP contribution is 2.29. The average Bonchev–Trinajstić information content (AvgIpc) is 3.10. The number of aromatic hydroxyl groups is 1. The summed E-state index contributed by atoms with van der Waals surface area (Å²) in [7, 11) is 0. The molecule has 0 aromatic heterocycles. The largest absolute Gasteiger partial charge is 0.507 e. The Balaban J connectivity index is 1.83. The molecule has 2 aliphatic heterocycles. The molecule has 2 atom stereocenters. The number of phenols is 1. The molecule has 4 heteroatoms. The Morgan fingerprint density at radius 2 is 2.20 bits per heavy atom. The Hall–Kier alpha value is -1.55. The van der Waals surface area contributed by atoms with Crippen molar-refractivity contribution in [3.05, 3.63) is 29.3 Å². The van der Waals surface area contributed by atoms with E-state index in [1.807, 2.05) is 17.9 Å². The predicted molar refractivity (Wildman–Crippen MR) is 77.9 cm³/mol. The van der Waals surface area contributed by atoms with Gasteiger partial charge in [-0.15, -0.1) is 0 Å². The van der Waals surface area contributed by atoms with Crippen molar-refractivity contribution in [3.63, 3.8) is 0 Å². The summed E-state index contributed by atoms with van der Waals surface area (Å²) in [5.41, 5.74) is 1.44. The summed E-state index contributed by atoms with van der Waals surface area (Å²) in [4.78, 5) is 14.7. The van der Waals surface area contributed by atoms with Gasteiger partial charge < -0.3 is 15.3 Å². The zero-order valence-electron chi connectivity index (χ0n) is 11.9. The smallest absolute Gasteiger partial charge is 0.257 e. The van der Waals surface area contributed by atoms with Crippen LogP contribution in [0, 0.1) is 6.92 Å². The molecule has 4 nitrogen and oxygen atoms in total. The Bertz CT molecular complexity index is 509. The van der Waals surface area contributed by atoms with Gasteiger partial charge in [0, 0.05) is 18.6 Å². The maximum Gasteiger partial charge on any atom is 0.257 e. The van der Waals surface area contributed by atoms with E-state index < -0.39 is 0 Å². The van der Waals surface area contributed by atoms with Crippen molar-refractivity contribution in [2.45, 2.75) is 44.7 Å². The number of nitrogens with zero attached hydrogens (tertiary/aromatic N) is 1. The number of hydrogen-bond donors (Lipinski definition) is 2. The molecule has 108 valence electrons. The van der Waals surface area contributed by atoms with Gasteiger partial charge in [0.25, 0.3) is 5.91 Å². The molecule has 0 bridgehead atoms. The summed E-state index contributed by atoms with van der Waals surface area (Å²) in [6.07, 6.45) is 4.46. The lowest BCUT2D eigenvalue weighted by Crippen LogP contribution is -2.46. The Morgan fingerprint density at radius 1 is 1.35 bits per heavy atom. The molecule has 2 fully saturated rings. The first-order valence-corrected chi connectivity index (χ1v) is 7.51. The molecule has 2 N–H and O–H groups in total. The summed E-state index contributed by atoms with van der Waals surface area (Å²) in [6, 6.07) is 5.93. The van der Waals surface area contributed by atoms with Crippen LogP contribution in [-0.4, -0.2) is 41.1 Å². The summed E-state index contributed by atoms with van der Waals surface area (Å²) in [5, 5.41) is 13.5. The maximum absolute atomic E-state index is 12.7. The Labute approximate surface area is 119 Å². The molecule has 1 amide bonds. The minimum atomic E-state index is -0.0256. The molecule has 1 aromatic rings. The summed E-state index contributed by atoms with van der Waals surface area (Å²) in [6.45, 7) is 3.80. The lowest BCUT2D eigenvalue weighted by atomic mass is 10.0. The third-order valence-corrected chi connectivity index (χ3v) is 4.51. The highest BCUT2D eigenvalue weighted by molar-refractivity contribution is 5.97. The lowest BCUT2D eigenvalue weighted by Gasteiger charge is -2.30. The molecule has 2 unspecified atom stereocenters. The quantitative estimate of drug-likeness (QED) is 0.868. The number of hydrogen-bond acceptors (Lipinski definition) is 3. The third kappa shape index (κ3) is 2.40. The number of aryl methyl sites for hydroxylation is 1. The highest BCUT2D eigenvalue weighted by atomic mass is 16.3. The second-order valence-electron chi connectivity index (χ2n) is 5.93. The van der Waals surface area contributed by atoms with E-state index in [2.05, 4.69) is 5.32 Å². The van der Waals surface area contributed by atoms with E-state index in [1.54, 1.807) is 12.1 Å². The molecule has 1 aromatic carbocycles. The number of carbonyl (C=O) groups is 1. The summed E-state index contributed by atoms with van der Waals surface area (Å²) >= 11 is 0. The third-order valence-electron chi connectivity index (χ3n) is 4.51.